The van der Waals surface area contributed by atoms with Crippen LogP contribution in [0.25, 0.3) is 10.9 Å². The molecule has 0 aliphatic carbocycles. The lowest BCUT2D eigenvalue weighted by Gasteiger charge is -2.12. The van der Waals surface area contributed by atoms with Gasteiger partial charge < -0.3 is 9.15 Å². The quantitative estimate of drug-likeness (QED) is 0.373. The minimum absolute atomic E-state index is 0.0870. The molecule has 1 aromatic carbocycles. The summed E-state index contributed by atoms with van der Waals surface area (Å²) >= 11 is 1.31. The molecule has 0 spiro atoms. The van der Waals surface area contributed by atoms with Crippen LogP contribution in [0.5, 0.6) is 0 Å². The first-order valence-electron chi connectivity index (χ1n) is 7.56. The molecule has 25 heavy (non-hydrogen) atoms. The summed E-state index contributed by atoms with van der Waals surface area (Å²) in [6.45, 7) is 1.90. The van der Waals surface area contributed by atoms with Crippen LogP contribution in [0.15, 0.2) is 38.6 Å². The standard InChI is InChI=1S/C16H16N4O4S/c1-10-18-19-13(24-10)9-25-16-17-12-6-4-3-5-11(12)15(22)20(16)8-7-14(21)23-2/h3-6H,7-9H2,1-2H3. The molecule has 0 radical (unpaired) electrons. The van der Waals surface area contributed by atoms with Crippen LogP contribution in [-0.4, -0.2) is 32.8 Å². The molecule has 0 aliphatic heterocycles. The van der Waals surface area contributed by atoms with Crippen molar-refractivity contribution >= 4 is 28.6 Å². The van der Waals surface area contributed by atoms with Crippen molar-refractivity contribution < 1.29 is 13.9 Å². The third-order valence-electron chi connectivity index (χ3n) is 3.49. The number of benzene rings is 1. The van der Waals surface area contributed by atoms with Gasteiger partial charge in [0.25, 0.3) is 5.56 Å². The number of ether oxygens (including phenoxy) is 1. The Morgan fingerprint density at radius 2 is 2.12 bits per heavy atom. The number of hydrogen-bond donors (Lipinski definition) is 0. The molecule has 0 aliphatic rings. The van der Waals surface area contributed by atoms with Crippen molar-refractivity contribution in [2.24, 2.45) is 0 Å². The normalized spacial score (nSPS) is 11.0. The van der Waals surface area contributed by atoms with Gasteiger partial charge in [-0.25, -0.2) is 4.98 Å². The fourth-order valence-electron chi connectivity index (χ4n) is 2.28. The van der Waals surface area contributed by atoms with Crippen LogP contribution in [0.3, 0.4) is 0 Å². The Morgan fingerprint density at radius 3 is 2.84 bits per heavy atom. The number of nitrogens with zero attached hydrogens (tertiary/aromatic N) is 4. The molecule has 3 rings (SSSR count). The van der Waals surface area contributed by atoms with Crippen LogP contribution < -0.4 is 5.56 Å². The van der Waals surface area contributed by atoms with Gasteiger partial charge in [0, 0.05) is 13.5 Å². The van der Waals surface area contributed by atoms with Crippen LogP contribution in [0.4, 0.5) is 0 Å². The maximum absolute atomic E-state index is 12.8. The maximum atomic E-state index is 12.8. The molecule has 130 valence electrons. The van der Waals surface area contributed by atoms with Gasteiger partial charge in [0.1, 0.15) is 0 Å². The lowest BCUT2D eigenvalue weighted by molar-refractivity contribution is -0.140. The monoisotopic (exact) mass is 360 g/mol. The van der Waals surface area contributed by atoms with Gasteiger partial charge in [0.05, 0.1) is 30.2 Å². The zero-order chi connectivity index (χ0) is 17.8. The van der Waals surface area contributed by atoms with Crippen LogP contribution in [0.2, 0.25) is 0 Å². The SMILES string of the molecule is COC(=O)CCn1c(SCc2nnc(C)o2)nc2ccccc2c1=O. The highest BCUT2D eigenvalue weighted by Gasteiger charge is 2.14. The number of para-hydroxylation sites is 1. The molecule has 0 atom stereocenters. The minimum Gasteiger partial charge on any atom is -0.469 e. The predicted molar refractivity (Wildman–Crippen MR) is 91.2 cm³/mol. The molecule has 0 fully saturated rings. The lowest BCUT2D eigenvalue weighted by atomic mass is 10.2. The highest BCUT2D eigenvalue weighted by atomic mass is 32.2. The van der Waals surface area contributed by atoms with Crippen molar-refractivity contribution in [2.75, 3.05) is 7.11 Å². The third kappa shape index (κ3) is 3.87. The molecule has 9 heteroatoms. The van der Waals surface area contributed by atoms with Crippen LogP contribution >= 0.6 is 11.8 Å². The number of carbonyl (C=O) groups excluding carboxylic acids is 1. The molecule has 8 nitrogen and oxygen atoms in total. The average Bonchev–Trinajstić information content (AvgIpc) is 3.04. The molecular weight excluding hydrogens is 344 g/mol. The van der Waals surface area contributed by atoms with E-state index < -0.39 is 0 Å². The van der Waals surface area contributed by atoms with Gasteiger partial charge in [0.15, 0.2) is 5.16 Å². The van der Waals surface area contributed by atoms with Gasteiger partial charge in [-0.2, -0.15) is 0 Å². The average molecular weight is 360 g/mol. The molecule has 0 saturated carbocycles. The van der Waals surface area contributed by atoms with E-state index in [-0.39, 0.29) is 24.5 Å². The Labute approximate surface area is 147 Å². The maximum Gasteiger partial charge on any atom is 0.307 e. The molecule has 0 unspecified atom stereocenters. The lowest BCUT2D eigenvalue weighted by Crippen LogP contribution is -2.24. The summed E-state index contributed by atoms with van der Waals surface area (Å²) in [5.74, 6) is 0.919. The van der Waals surface area contributed by atoms with E-state index in [1.807, 2.05) is 6.07 Å². The van der Waals surface area contributed by atoms with Gasteiger partial charge in [0.2, 0.25) is 11.8 Å². The van der Waals surface area contributed by atoms with Crippen molar-refractivity contribution in [1.82, 2.24) is 19.7 Å². The number of carbonyl (C=O) groups is 1. The zero-order valence-corrected chi connectivity index (χ0v) is 14.6. The van der Waals surface area contributed by atoms with E-state index in [1.54, 1.807) is 25.1 Å². The van der Waals surface area contributed by atoms with E-state index >= 15 is 0 Å². The van der Waals surface area contributed by atoms with Crippen molar-refractivity contribution in [3.63, 3.8) is 0 Å². The summed E-state index contributed by atoms with van der Waals surface area (Å²) in [7, 11) is 1.32. The highest BCUT2D eigenvalue weighted by Crippen LogP contribution is 2.22. The van der Waals surface area contributed by atoms with Crippen molar-refractivity contribution in [2.45, 2.75) is 30.8 Å². The largest absolute Gasteiger partial charge is 0.469 e. The number of fused-ring (bicyclic) bond motifs is 1. The highest BCUT2D eigenvalue weighted by molar-refractivity contribution is 7.98. The van der Waals surface area contributed by atoms with E-state index in [1.165, 1.54) is 23.4 Å². The summed E-state index contributed by atoms with van der Waals surface area (Å²) in [5, 5.41) is 8.71. The summed E-state index contributed by atoms with van der Waals surface area (Å²) in [6, 6.07) is 7.10. The van der Waals surface area contributed by atoms with E-state index in [4.69, 9.17) is 4.42 Å². The fraction of sp³-hybridized carbons (Fsp3) is 0.312. The molecular formula is C16H16N4O4S. The first kappa shape index (κ1) is 17.2. The molecule has 0 N–H and O–H groups in total. The Morgan fingerprint density at radius 1 is 1.32 bits per heavy atom. The molecule has 0 bridgehead atoms. The topological polar surface area (TPSA) is 100 Å². The number of aromatic nitrogens is 4. The number of methoxy groups -OCH3 is 1. The van der Waals surface area contributed by atoms with E-state index in [2.05, 4.69) is 19.9 Å². The summed E-state index contributed by atoms with van der Waals surface area (Å²) in [5.41, 5.74) is 0.407. The first-order chi connectivity index (χ1) is 12.1. The van der Waals surface area contributed by atoms with E-state index in [0.29, 0.717) is 33.6 Å². The second kappa shape index (κ2) is 7.47. The predicted octanol–water partition coefficient (Wildman–Crippen LogP) is 1.94. The van der Waals surface area contributed by atoms with E-state index in [9.17, 15) is 9.59 Å². The van der Waals surface area contributed by atoms with Gasteiger partial charge >= 0.3 is 5.97 Å². The summed E-state index contributed by atoms with van der Waals surface area (Å²) in [4.78, 5) is 28.8. The number of hydrogen-bond acceptors (Lipinski definition) is 8. The fourth-order valence-corrected chi connectivity index (χ4v) is 3.14. The Bertz CT molecular complexity index is 966. The molecule has 2 aromatic heterocycles. The summed E-state index contributed by atoms with van der Waals surface area (Å²) in [6.07, 6.45) is 0.0870. The first-order valence-corrected chi connectivity index (χ1v) is 8.55. The Balaban J connectivity index is 1.95. The van der Waals surface area contributed by atoms with Gasteiger partial charge in [-0.15, -0.1) is 10.2 Å². The number of rotatable bonds is 6. The minimum atomic E-state index is -0.386. The van der Waals surface area contributed by atoms with Crippen LogP contribution in [0, 0.1) is 6.92 Å². The number of esters is 1. The molecule has 0 amide bonds. The zero-order valence-electron chi connectivity index (χ0n) is 13.8. The Hall–Kier alpha value is -2.68. The molecule has 3 aromatic rings. The number of aryl methyl sites for hydroxylation is 1. The van der Waals surface area contributed by atoms with Gasteiger partial charge in [-0.05, 0) is 12.1 Å². The second-order valence-electron chi connectivity index (χ2n) is 5.20. The number of thioether (sulfide) groups is 1. The second-order valence-corrected chi connectivity index (χ2v) is 6.14. The molecule has 0 saturated heterocycles. The smallest absolute Gasteiger partial charge is 0.307 e. The van der Waals surface area contributed by atoms with Crippen molar-refractivity contribution in [1.29, 1.82) is 0 Å². The van der Waals surface area contributed by atoms with Gasteiger partial charge in [-0.1, -0.05) is 23.9 Å². The Kier molecular flexibility index (Phi) is 5.13. The van der Waals surface area contributed by atoms with Crippen LogP contribution in [0.1, 0.15) is 18.2 Å². The third-order valence-corrected chi connectivity index (χ3v) is 4.45. The van der Waals surface area contributed by atoms with Crippen molar-refractivity contribution in [3.05, 3.63) is 46.4 Å². The summed E-state index contributed by atoms with van der Waals surface area (Å²) < 4.78 is 11.5. The van der Waals surface area contributed by atoms with Crippen LogP contribution in [-0.2, 0) is 21.8 Å². The van der Waals surface area contributed by atoms with E-state index in [0.717, 1.165) is 0 Å². The molecule has 2 heterocycles. The van der Waals surface area contributed by atoms with Crippen molar-refractivity contribution in [3.8, 4) is 0 Å². The van der Waals surface area contributed by atoms with Gasteiger partial charge in [-0.3, -0.25) is 14.2 Å².